The van der Waals surface area contributed by atoms with Crippen molar-refractivity contribution in [1.82, 2.24) is 20.0 Å². The molecule has 102 valence electrons. The molecule has 2 atom stereocenters. The van der Waals surface area contributed by atoms with Gasteiger partial charge in [0.05, 0.1) is 6.20 Å². The number of nitrogens with zero attached hydrogens (tertiary/aromatic N) is 3. The molecule has 1 aromatic heterocycles. The van der Waals surface area contributed by atoms with Crippen LogP contribution in [0.4, 0.5) is 0 Å². The molecular formula is C14H26N4. The monoisotopic (exact) mass is 250 g/mol. The fourth-order valence-corrected chi connectivity index (χ4v) is 2.72. The van der Waals surface area contributed by atoms with E-state index in [0.717, 1.165) is 25.0 Å². The van der Waals surface area contributed by atoms with Crippen molar-refractivity contribution >= 4 is 0 Å². The predicted octanol–water partition coefficient (Wildman–Crippen LogP) is 1.63. The van der Waals surface area contributed by atoms with E-state index < -0.39 is 0 Å². The molecule has 1 aliphatic rings. The zero-order chi connectivity index (χ0) is 13.1. The van der Waals surface area contributed by atoms with Gasteiger partial charge in [0.1, 0.15) is 0 Å². The molecule has 1 N–H and O–H groups in total. The van der Waals surface area contributed by atoms with Crippen LogP contribution in [0, 0.1) is 5.92 Å². The van der Waals surface area contributed by atoms with E-state index in [0.29, 0.717) is 6.04 Å². The van der Waals surface area contributed by atoms with Gasteiger partial charge in [-0.3, -0.25) is 9.58 Å². The summed E-state index contributed by atoms with van der Waals surface area (Å²) >= 11 is 0. The van der Waals surface area contributed by atoms with Crippen LogP contribution in [-0.2, 0) is 13.6 Å². The van der Waals surface area contributed by atoms with Gasteiger partial charge in [-0.1, -0.05) is 13.8 Å². The van der Waals surface area contributed by atoms with Crippen LogP contribution in [0.1, 0.15) is 32.3 Å². The van der Waals surface area contributed by atoms with Crippen molar-refractivity contribution in [2.75, 3.05) is 13.6 Å². The van der Waals surface area contributed by atoms with Crippen LogP contribution in [0.5, 0.6) is 0 Å². The summed E-state index contributed by atoms with van der Waals surface area (Å²) in [7, 11) is 4.21. The Kier molecular flexibility index (Phi) is 4.40. The molecule has 1 fully saturated rings. The van der Waals surface area contributed by atoms with Crippen LogP contribution < -0.4 is 5.32 Å². The smallest absolute Gasteiger partial charge is 0.0534 e. The number of aromatic nitrogens is 2. The Morgan fingerprint density at radius 3 is 2.78 bits per heavy atom. The zero-order valence-corrected chi connectivity index (χ0v) is 12.1. The summed E-state index contributed by atoms with van der Waals surface area (Å²) in [6, 6.07) is 1.33. The molecule has 4 nitrogen and oxygen atoms in total. The van der Waals surface area contributed by atoms with Crippen LogP contribution in [0.15, 0.2) is 12.4 Å². The molecule has 2 rings (SSSR count). The first-order valence-electron chi connectivity index (χ1n) is 6.97. The van der Waals surface area contributed by atoms with Crippen LogP contribution in [0.2, 0.25) is 0 Å². The lowest BCUT2D eigenvalue weighted by atomic mass is 9.78. The van der Waals surface area contributed by atoms with Crippen LogP contribution in [0.25, 0.3) is 0 Å². The van der Waals surface area contributed by atoms with Gasteiger partial charge in [0, 0.05) is 37.4 Å². The van der Waals surface area contributed by atoms with Gasteiger partial charge < -0.3 is 5.32 Å². The fourth-order valence-electron chi connectivity index (χ4n) is 2.72. The third kappa shape index (κ3) is 3.33. The van der Waals surface area contributed by atoms with Gasteiger partial charge in [0.2, 0.25) is 0 Å². The molecule has 0 aromatic carbocycles. The van der Waals surface area contributed by atoms with E-state index in [9.17, 15) is 0 Å². The molecule has 1 aromatic rings. The molecule has 0 aliphatic heterocycles. The lowest BCUT2D eigenvalue weighted by Gasteiger charge is -2.43. The lowest BCUT2D eigenvalue weighted by Crippen LogP contribution is -2.49. The van der Waals surface area contributed by atoms with E-state index in [4.69, 9.17) is 0 Å². The SMILES string of the molecule is CC(C)NCC1CCC1N(C)Cc1cnn(C)c1. The van der Waals surface area contributed by atoms with Gasteiger partial charge in [-0.25, -0.2) is 0 Å². The maximum absolute atomic E-state index is 4.23. The summed E-state index contributed by atoms with van der Waals surface area (Å²) in [5.41, 5.74) is 1.31. The van der Waals surface area contributed by atoms with Gasteiger partial charge in [0.25, 0.3) is 0 Å². The Hall–Kier alpha value is -0.870. The minimum atomic E-state index is 0.592. The van der Waals surface area contributed by atoms with Gasteiger partial charge in [-0.05, 0) is 32.4 Å². The van der Waals surface area contributed by atoms with E-state index in [-0.39, 0.29) is 0 Å². The quantitative estimate of drug-likeness (QED) is 0.833. The van der Waals surface area contributed by atoms with E-state index in [1.165, 1.54) is 18.4 Å². The number of hydrogen-bond acceptors (Lipinski definition) is 3. The molecule has 1 aliphatic carbocycles. The molecule has 0 saturated heterocycles. The third-order valence-electron chi connectivity index (χ3n) is 3.92. The first-order chi connectivity index (χ1) is 8.56. The molecule has 0 bridgehead atoms. The summed E-state index contributed by atoms with van der Waals surface area (Å²) in [6.45, 7) is 6.59. The number of rotatable bonds is 6. The molecular weight excluding hydrogens is 224 g/mol. The first-order valence-corrected chi connectivity index (χ1v) is 6.97. The molecule has 2 unspecified atom stereocenters. The Morgan fingerprint density at radius 1 is 1.50 bits per heavy atom. The lowest BCUT2D eigenvalue weighted by molar-refractivity contribution is 0.0768. The second-order valence-corrected chi connectivity index (χ2v) is 5.91. The Labute approximate surface area is 110 Å². The van der Waals surface area contributed by atoms with Gasteiger partial charge in [-0.15, -0.1) is 0 Å². The van der Waals surface area contributed by atoms with Crippen molar-refractivity contribution in [3.63, 3.8) is 0 Å². The highest BCUT2D eigenvalue weighted by Gasteiger charge is 2.33. The molecule has 0 amide bonds. The summed E-state index contributed by atoms with van der Waals surface area (Å²) in [5, 5.41) is 7.79. The molecule has 18 heavy (non-hydrogen) atoms. The average Bonchev–Trinajstić information content (AvgIpc) is 2.61. The second-order valence-electron chi connectivity index (χ2n) is 5.91. The maximum atomic E-state index is 4.23. The third-order valence-corrected chi connectivity index (χ3v) is 3.92. The van der Waals surface area contributed by atoms with Crippen molar-refractivity contribution in [3.05, 3.63) is 18.0 Å². The highest BCUT2D eigenvalue weighted by Crippen LogP contribution is 2.31. The summed E-state index contributed by atoms with van der Waals surface area (Å²) < 4.78 is 1.88. The summed E-state index contributed by atoms with van der Waals surface area (Å²) in [5.74, 6) is 0.814. The van der Waals surface area contributed by atoms with E-state index >= 15 is 0 Å². The van der Waals surface area contributed by atoms with Crippen molar-refractivity contribution in [3.8, 4) is 0 Å². The number of hydrogen-bond donors (Lipinski definition) is 1. The Morgan fingerprint density at radius 2 is 2.28 bits per heavy atom. The minimum Gasteiger partial charge on any atom is -0.314 e. The summed E-state index contributed by atoms with van der Waals surface area (Å²) in [6.07, 6.45) is 6.77. The van der Waals surface area contributed by atoms with Gasteiger partial charge >= 0.3 is 0 Å². The van der Waals surface area contributed by atoms with Crippen molar-refractivity contribution < 1.29 is 0 Å². The highest BCUT2D eigenvalue weighted by atomic mass is 15.2. The summed E-state index contributed by atoms with van der Waals surface area (Å²) in [4.78, 5) is 2.48. The molecule has 0 spiro atoms. The minimum absolute atomic E-state index is 0.592. The second kappa shape index (κ2) is 5.85. The first kappa shape index (κ1) is 13.6. The normalized spacial score (nSPS) is 23.7. The molecule has 0 radical (unpaired) electrons. The molecule has 1 heterocycles. The highest BCUT2D eigenvalue weighted by molar-refractivity contribution is 5.04. The van der Waals surface area contributed by atoms with Crippen LogP contribution in [0.3, 0.4) is 0 Å². The van der Waals surface area contributed by atoms with Crippen LogP contribution in [-0.4, -0.2) is 40.4 Å². The topological polar surface area (TPSA) is 33.1 Å². The Balaban J connectivity index is 1.80. The van der Waals surface area contributed by atoms with Crippen molar-refractivity contribution in [2.24, 2.45) is 13.0 Å². The standard InChI is InChI=1S/C14H26N4/c1-11(2)15-8-13-5-6-14(13)17(3)9-12-7-16-18(4)10-12/h7,10-11,13-15H,5-6,8-9H2,1-4H3. The van der Waals surface area contributed by atoms with Crippen molar-refractivity contribution in [1.29, 1.82) is 0 Å². The van der Waals surface area contributed by atoms with E-state index in [1.54, 1.807) is 0 Å². The van der Waals surface area contributed by atoms with Gasteiger partial charge in [0.15, 0.2) is 0 Å². The average molecular weight is 250 g/mol. The molecule has 4 heteroatoms. The number of nitrogens with one attached hydrogen (secondary N) is 1. The zero-order valence-electron chi connectivity index (χ0n) is 12.1. The van der Waals surface area contributed by atoms with E-state index in [1.807, 2.05) is 17.9 Å². The van der Waals surface area contributed by atoms with E-state index in [2.05, 4.69) is 42.4 Å². The maximum Gasteiger partial charge on any atom is 0.0534 e. The van der Waals surface area contributed by atoms with Gasteiger partial charge in [-0.2, -0.15) is 5.10 Å². The fraction of sp³-hybridized carbons (Fsp3) is 0.786. The number of aryl methyl sites for hydroxylation is 1. The predicted molar refractivity (Wildman–Crippen MR) is 74.3 cm³/mol. The Bertz CT molecular complexity index is 372. The largest absolute Gasteiger partial charge is 0.314 e. The van der Waals surface area contributed by atoms with Crippen molar-refractivity contribution in [2.45, 2.75) is 45.3 Å². The van der Waals surface area contributed by atoms with Crippen LogP contribution >= 0.6 is 0 Å². The molecule has 1 saturated carbocycles.